The van der Waals surface area contributed by atoms with Crippen LogP contribution in [0.2, 0.25) is 0 Å². The summed E-state index contributed by atoms with van der Waals surface area (Å²) >= 11 is 0. The Balaban J connectivity index is 1.86. The molecule has 0 atom stereocenters. The van der Waals surface area contributed by atoms with Crippen LogP contribution in [0.15, 0.2) is 36.5 Å². The monoisotopic (exact) mass is 272 g/mol. The SMILES string of the molecule is CC(=O)c1ccc(NC(=O)NCc2ccn(C)n2)cc1. The van der Waals surface area contributed by atoms with Crippen molar-refractivity contribution in [3.63, 3.8) is 0 Å². The minimum absolute atomic E-state index is 0.00356. The minimum Gasteiger partial charge on any atom is -0.332 e. The highest BCUT2D eigenvalue weighted by molar-refractivity contribution is 5.95. The van der Waals surface area contributed by atoms with E-state index in [-0.39, 0.29) is 11.8 Å². The first-order chi connectivity index (χ1) is 9.54. The molecule has 1 heterocycles. The molecule has 2 aromatic rings. The van der Waals surface area contributed by atoms with Crippen LogP contribution in [0.1, 0.15) is 23.0 Å². The highest BCUT2D eigenvalue weighted by Crippen LogP contribution is 2.09. The molecular formula is C14H16N4O2. The molecule has 0 saturated heterocycles. The van der Waals surface area contributed by atoms with E-state index in [1.165, 1.54) is 6.92 Å². The van der Waals surface area contributed by atoms with Gasteiger partial charge in [0.25, 0.3) is 0 Å². The molecule has 0 saturated carbocycles. The van der Waals surface area contributed by atoms with Crippen LogP contribution in [0.25, 0.3) is 0 Å². The van der Waals surface area contributed by atoms with Crippen molar-refractivity contribution in [1.82, 2.24) is 15.1 Å². The zero-order valence-electron chi connectivity index (χ0n) is 11.4. The number of carbonyl (C=O) groups is 2. The van der Waals surface area contributed by atoms with Crippen molar-refractivity contribution in [1.29, 1.82) is 0 Å². The molecule has 2 amide bonds. The molecule has 1 aromatic carbocycles. The van der Waals surface area contributed by atoms with Gasteiger partial charge in [-0.25, -0.2) is 4.79 Å². The molecule has 0 aliphatic carbocycles. The maximum absolute atomic E-state index is 11.7. The summed E-state index contributed by atoms with van der Waals surface area (Å²) in [4.78, 5) is 22.8. The van der Waals surface area contributed by atoms with Gasteiger partial charge in [-0.3, -0.25) is 9.48 Å². The lowest BCUT2D eigenvalue weighted by Crippen LogP contribution is -2.28. The Kier molecular flexibility index (Phi) is 4.14. The molecule has 0 bridgehead atoms. The topological polar surface area (TPSA) is 76.0 Å². The normalized spacial score (nSPS) is 10.1. The number of hydrogen-bond acceptors (Lipinski definition) is 3. The molecule has 104 valence electrons. The zero-order valence-corrected chi connectivity index (χ0v) is 11.4. The van der Waals surface area contributed by atoms with Crippen LogP contribution in [0.3, 0.4) is 0 Å². The standard InChI is InChI=1S/C14H16N4O2/c1-10(19)11-3-5-12(6-4-11)16-14(20)15-9-13-7-8-18(2)17-13/h3-8H,9H2,1-2H3,(H2,15,16,20). The Labute approximate surface area is 116 Å². The molecule has 1 aromatic heterocycles. The summed E-state index contributed by atoms with van der Waals surface area (Å²) in [5.41, 5.74) is 2.03. The van der Waals surface area contributed by atoms with E-state index in [0.717, 1.165) is 5.69 Å². The molecule has 0 aliphatic heterocycles. The largest absolute Gasteiger partial charge is 0.332 e. The molecular weight excluding hydrogens is 256 g/mol. The molecule has 0 unspecified atom stereocenters. The Morgan fingerprint density at radius 1 is 1.20 bits per heavy atom. The van der Waals surface area contributed by atoms with Gasteiger partial charge >= 0.3 is 6.03 Å². The molecule has 0 spiro atoms. The van der Waals surface area contributed by atoms with Crippen LogP contribution < -0.4 is 10.6 Å². The third-order valence-corrected chi connectivity index (χ3v) is 2.75. The Morgan fingerprint density at radius 3 is 2.45 bits per heavy atom. The van der Waals surface area contributed by atoms with Gasteiger partial charge in [-0.1, -0.05) is 0 Å². The molecule has 2 N–H and O–H groups in total. The number of nitrogens with zero attached hydrogens (tertiary/aromatic N) is 2. The van der Waals surface area contributed by atoms with E-state index < -0.39 is 0 Å². The van der Waals surface area contributed by atoms with Gasteiger partial charge in [-0.2, -0.15) is 5.10 Å². The molecule has 6 heteroatoms. The van der Waals surface area contributed by atoms with Gasteiger partial charge in [0.2, 0.25) is 0 Å². The average molecular weight is 272 g/mol. The lowest BCUT2D eigenvalue weighted by molar-refractivity contribution is 0.101. The number of hydrogen-bond donors (Lipinski definition) is 2. The molecule has 2 rings (SSSR count). The number of benzene rings is 1. The van der Waals surface area contributed by atoms with E-state index in [1.54, 1.807) is 28.9 Å². The van der Waals surface area contributed by atoms with Gasteiger partial charge in [0.05, 0.1) is 12.2 Å². The number of rotatable bonds is 4. The maximum Gasteiger partial charge on any atom is 0.319 e. The smallest absolute Gasteiger partial charge is 0.319 e. The van der Waals surface area contributed by atoms with Gasteiger partial charge in [0, 0.05) is 24.5 Å². The van der Waals surface area contributed by atoms with E-state index in [4.69, 9.17) is 0 Å². The van der Waals surface area contributed by atoms with Crippen molar-refractivity contribution in [3.05, 3.63) is 47.8 Å². The second-order valence-corrected chi connectivity index (χ2v) is 4.42. The summed E-state index contributed by atoms with van der Waals surface area (Å²) in [6.45, 7) is 1.86. The van der Waals surface area contributed by atoms with Gasteiger partial charge in [0.1, 0.15) is 0 Å². The number of anilines is 1. The lowest BCUT2D eigenvalue weighted by atomic mass is 10.1. The highest BCUT2D eigenvalue weighted by Gasteiger charge is 2.04. The summed E-state index contributed by atoms with van der Waals surface area (Å²) in [5, 5.41) is 9.55. The number of nitrogens with one attached hydrogen (secondary N) is 2. The molecule has 20 heavy (non-hydrogen) atoms. The van der Waals surface area contributed by atoms with Gasteiger partial charge in [0.15, 0.2) is 5.78 Å². The molecule has 0 radical (unpaired) electrons. The number of Topliss-reactive ketones (excluding diaryl/α,β-unsaturated/α-hetero) is 1. The summed E-state index contributed by atoms with van der Waals surface area (Å²) in [6.07, 6.45) is 1.81. The number of amides is 2. The van der Waals surface area contributed by atoms with Crippen LogP contribution in [0, 0.1) is 0 Å². The van der Waals surface area contributed by atoms with Gasteiger partial charge in [-0.15, -0.1) is 0 Å². The van der Waals surface area contributed by atoms with Crippen molar-refractivity contribution < 1.29 is 9.59 Å². The Bertz CT molecular complexity index is 616. The minimum atomic E-state index is -0.314. The van der Waals surface area contributed by atoms with Crippen molar-refractivity contribution in [2.45, 2.75) is 13.5 Å². The van der Waals surface area contributed by atoms with Gasteiger partial charge < -0.3 is 10.6 Å². The highest BCUT2D eigenvalue weighted by atomic mass is 16.2. The summed E-state index contributed by atoms with van der Waals surface area (Å²) < 4.78 is 1.68. The van der Waals surface area contributed by atoms with Crippen molar-refractivity contribution in [2.75, 3.05) is 5.32 Å². The number of carbonyl (C=O) groups excluding carboxylic acids is 2. The summed E-state index contributed by atoms with van der Waals surface area (Å²) in [6, 6.07) is 8.26. The first kappa shape index (κ1) is 13.8. The Hall–Kier alpha value is -2.63. The summed E-state index contributed by atoms with van der Waals surface area (Å²) in [5.74, 6) is -0.00356. The van der Waals surface area contributed by atoms with Crippen LogP contribution in [0.5, 0.6) is 0 Å². The fourth-order valence-corrected chi connectivity index (χ4v) is 1.69. The zero-order chi connectivity index (χ0) is 14.5. The molecule has 0 aliphatic rings. The van der Waals surface area contributed by atoms with Crippen molar-refractivity contribution >= 4 is 17.5 Å². The Morgan fingerprint density at radius 2 is 1.90 bits per heavy atom. The van der Waals surface area contributed by atoms with E-state index in [9.17, 15) is 9.59 Å². The van der Waals surface area contributed by atoms with Gasteiger partial charge in [-0.05, 0) is 37.3 Å². The predicted octanol–water partition coefficient (Wildman–Crippen LogP) is 1.94. The number of urea groups is 1. The first-order valence-electron chi connectivity index (χ1n) is 6.19. The van der Waals surface area contributed by atoms with E-state index in [1.807, 2.05) is 19.3 Å². The third kappa shape index (κ3) is 3.68. The second-order valence-electron chi connectivity index (χ2n) is 4.42. The maximum atomic E-state index is 11.7. The molecule has 6 nitrogen and oxygen atoms in total. The summed E-state index contributed by atoms with van der Waals surface area (Å²) in [7, 11) is 1.82. The van der Waals surface area contributed by atoms with E-state index in [0.29, 0.717) is 17.8 Å². The number of aromatic nitrogens is 2. The first-order valence-corrected chi connectivity index (χ1v) is 6.19. The van der Waals surface area contributed by atoms with E-state index in [2.05, 4.69) is 15.7 Å². The van der Waals surface area contributed by atoms with E-state index >= 15 is 0 Å². The van der Waals surface area contributed by atoms with Crippen molar-refractivity contribution in [2.24, 2.45) is 7.05 Å². The molecule has 0 fully saturated rings. The van der Waals surface area contributed by atoms with Crippen molar-refractivity contribution in [3.8, 4) is 0 Å². The lowest BCUT2D eigenvalue weighted by Gasteiger charge is -2.06. The predicted molar refractivity (Wildman–Crippen MR) is 75.5 cm³/mol. The van der Waals surface area contributed by atoms with Crippen LogP contribution >= 0.6 is 0 Å². The number of aryl methyl sites for hydroxylation is 1. The third-order valence-electron chi connectivity index (χ3n) is 2.75. The van der Waals surface area contributed by atoms with Crippen LogP contribution in [-0.2, 0) is 13.6 Å². The fourth-order valence-electron chi connectivity index (χ4n) is 1.69. The quantitative estimate of drug-likeness (QED) is 0.835. The fraction of sp³-hybridized carbons (Fsp3) is 0.214. The van der Waals surface area contributed by atoms with Crippen LogP contribution in [-0.4, -0.2) is 21.6 Å². The second kappa shape index (κ2) is 6.01. The van der Waals surface area contributed by atoms with Crippen LogP contribution in [0.4, 0.5) is 10.5 Å². The number of ketones is 1. The average Bonchev–Trinajstić information content (AvgIpc) is 2.83.